The Bertz CT molecular complexity index is 882. The molecule has 6 heteroatoms. The standard InChI is InChI=1S/C20H16Br2FNO2/c21-14-10-9-12(11-15(14)22)19-13(20(19)23)5-1-4-8-18(26)24-16-6-2-3-7-17(16)25/h1-11,13,19-20,25H,(H,24,26)/b5-1+,8-4+. The van der Waals surface area contributed by atoms with Crippen LogP contribution in [-0.4, -0.2) is 17.2 Å². The summed E-state index contributed by atoms with van der Waals surface area (Å²) < 4.78 is 15.9. The summed E-state index contributed by atoms with van der Waals surface area (Å²) in [6.07, 6.45) is 5.44. The number of para-hydroxylation sites is 2. The molecule has 26 heavy (non-hydrogen) atoms. The first kappa shape index (κ1) is 18.9. The summed E-state index contributed by atoms with van der Waals surface area (Å²) in [6, 6.07) is 12.2. The number of anilines is 1. The predicted octanol–water partition coefficient (Wildman–Crippen LogP) is 5.72. The maximum absolute atomic E-state index is 14.1. The summed E-state index contributed by atoms with van der Waals surface area (Å²) in [6.45, 7) is 0. The number of allylic oxidation sites excluding steroid dienone is 3. The van der Waals surface area contributed by atoms with Crippen LogP contribution in [0.15, 0.2) is 75.7 Å². The Balaban J connectivity index is 1.55. The molecule has 3 atom stereocenters. The van der Waals surface area contributed by atoms with Crippen LogP contribution in [0.2, 0.25) is 0 Å². The van der Waals surface area contributed by atoms with Crippen molar-refractivity contribution in [3.05, 3.63) is 81.3 Å². The lowest BCUT2D eigenvalue weighted by Crippen LogP contribution is -2.07. The number of hydrogen-bond acceptors (Lipinski definition) is 2. The number of benzene rings is 2. The van der Waals surface area contributed by atoms with Gasteiger partial charge in [0.25, 0.3) is 0 Å². The van der Waals surface area contributed by atoms with E-state index >= 15 is 0 Å². The molecule has 2 N–H and O–H groups in total. The van der Waals surface area contributed by atoms with E-state index in [4.69, 9.17) is 0 Å². The topological polar surface area (TPSA) is 49.3 Å². The molecule has 0 saturated heterocycles. The number of alkyl halides is 1. The van der Waals surface area contributed by atoms with Gasteiger partial charge in [-0.15, -0.1) is 0 Å². The van der Waals surface area contributed by atoms with E-state index in [1.807, 2.05) is 18.2 Å². The van der Waals surface area contributed by atoms with E-state index in [-0.39, 0.29) is 23.5 Å². The first-order valence-corrected chi connectivity index (χ1v) is 9.59. The average molecular weight is 481 g/mol. The van der Waals surface area contributed by atoms with Gasteiger partial charge in [-0.25, -0.2) is 4.39 Å². The largest absolute Gasteiger partial charge is 0.506 e. The fraction of sp³-hybridized carbons (Fsp3) is 0.150. The summed E-state index contributed by atoms with van der Waals surface area (Å²) in [5.41, 5.74) is 1.29. The van der Waals surface area contributed by atoms with Gasteiger partial charge in [0.1, 0.15) is 11.9 Å². The Labute approximate surface area is 167 Å². The normalized spacial score (nSPS) is 22.0. The molecule has 3 rings (SSSR count). The monoisotopic (exact) mass is 479 g/mol. The Morgan fingerprint density at radius 1 is 1.12 bits per heavy atom. The van der Waals surface area contributed by atoms with Crippen LogP contribution in [0.3, 0.4) is 0 Å². The number of carbonyl (C=O) groups excluding carboxylic acids is 1. The molecule has 3 nitrogen and oxygen atoms in total. The van der Waals surface area contributed by atoms with Gasteiger partial charge in [-0.2, -0.15) is 0 Å². The molecule has 1 fully saturated rings. The second kappa shape index (κ2) is 8.18. The fourth-order valence-corrected chi connectivity index (χ4v) is 3.38. The number of amides is 1. The van der Waals surface area contributed by atoms with E-state index in [1.54, 1.807) is 36.4 Å². The highest BCUT2D eigenvalue weighted by Gasteiger charge is 2.50. The molecule has 0 radical (unpaired) electrons. The lowest BCUT2D eigenvalue weighted by Gasteiger charge is -2.03. The van der Waals surface area contributed by atoms with Crippen molar-refractivity contribution in [2.75, 3.05) is 5.32 Å². The lowest BCUT2D eigenvalue weighted by molar-refractivity contribution is -0.111. The van der Waals surface area contributed by atoms with Gasteiger partial charge in [-0.05, 0) is 61.7 Å². The van der Waals surface area contributed by atoms with Crippen molar-refractivity contribution in [3.8, 4) is 5.75 Å². The Morgan fingerprint density at radius 3 is 2.62 bits per heavy atom. The first-order chi connectivity index (χ1) is 12.5. The Morgan fingerprint density at radius 2 is 1.88 bits per heavy atom. The van der Waals surface area contributed by atoms with Crippen LogP contribution < -0.4 is 5.32 Å². The molecule has 134 valence electrons. The SMILES string of the molecule is O=C(/C=C/C=C/C1C(F)C1c1ccc(Br)c(Br)c1)Nc1ccccc1O. The number of carbonyl (C=O) groups is 1. The summed E-state index contributed by atoms with van der Waals surface area (Å²) in [5.74, 6) is -0.697. The van der Waals surface area contributed by atoms with Crippen LogP contribution in [0.5, 0.6) is 5.75 Å². The summed E-state index contributed by atoms with van der Waals surface area (Å²) in [7, 11) is 0. The molecular weight excluding hydrogens is 465 g/mol. The van der Waals surface area contributed by atoms with Crippen molar-refractivity contribution in [2.24, 2.45) is 5.92 Å². The van der Waals surface area contributed by atoms with Crippen molar-refractivity contribution in [2.45, 2.75) is 12.1 Å². The van der Waals surface area contributed by atoms with E-state index in [9.17, 15) is 14.3 Å². The molecule has 0 aromatic heterocycles. The zero-order chi connectivity index (χ0) is 18.7. The van der Waals surface area contributed by atoms with Gasteiger partial charge in [0.2, 0.25) is 5.91 Å². The second-order valence-corrected chi connectivity index (χ2v) is 7.68. The van der Waals surface area contributed by atoms with Crippen LogP contribution in [0.1, 0.15) is 11.5 Å². The van der Waals surface area contributed by atoms with Gasteiger partial charge in [0, 0.05) is 26.9 Å². The molecule has 0 aliphatic heterocycles. The minimum Gasteiger partial charge on any atom is -0.506 e. The molecule has 1 saturated carbocycles. The number of hydrogen-bond donors (Lipinski definition) is 2. The quantitative estimate of drug-likeness (QED) is 0.326. The van der Waals surface area contributed by atoms with Gasteiger partial charge < -0.3 is 10.4 Å². The number of aromatic hydroxyl groups is 1. The number of nitrogens with one attached hydrogen (secondary N) is 1. The van der Waals surface area contributed by atoms with Crippen LogP contribution in [-0.2, 0) is 4.79 Å². The molecule has 0 bridgehead atoms. The van der Waals surface area contributed by atoms with Crippen molar-refractivity contribution < 1.29 is 14.3 Å². The number of phenolic OH excluding ortho intramolecular Hbond substituents is 1. The zero-order valence-corrected chi connectivity index (χ0v) is 16.7. The lowest BCUT2D eigenvalue weighted by atomic mass is 10.1. The van der Waals surface area contributed by atoms with E-state index in [2.05, 4.69) is 37.2 Å². The van der Waals surface area contributed by atoms with Crippen molar-refractivity contribution >= 4 is 43.5 Å². The molecule has 0 spiro atoms. The maximum atomic E-state index is 14.1. The average Bonchev–Trinajstić information content (AvgIpc) is 3.26. The van der Waals surface area contributed by atoms with Gasteiger partial charge in [0.05, 0.1) is 5.69 Å². The fourth-order valence-electron chi connectivity index (χ4n) is 2.74. The van der Waals surface area contributed by atoms with E-state index < -0.39 is 6.17 Å². The summed E-state index contributed by atoms with van der Waals surface area (Å²) >= 11 is 6.84. The van der Waals surface area contributed by atoms with Crippen LogP contribution in [0.4, 0.5) is 10.1 Å². The highest BCUT2D eigenvalue weighted by atomic mass is 79.9. The minimum atomic E-state index is -0.914. The van der Waals surface area contributed by atoms with Crippen LogP contribution in [0.25, 0.3) is 0 Å². The van der Waals surface area contributed by atoms with Crippen molar-refractivity contribution in [1.29, 1.82) is 0 Å². The van der Waals surface area contributed by atoms with E-state index in [1.165, 1.54) is 12.1 Å². The van der Waals surface area contributed by atoms with Gasteiger partial charge in [-0.3, -0.25) is 4.79 Å². The molecule has 2 aromatic carbocycles. The maximum Gasteiger partial charge on any atom is 0.248 e. The minimum absolute atomic E-state index is 0.00606. The van der Waals surface area contributed by atoms with Crippen LogP contribution in [0, 0.1) is 5.92 Å². The third-order valence-electron chi connectivity index (χ3n) is 4.17. The van der Waals surface area contributed by atoms with Crippen molar-refractivity contribution in [3.63, 3.8) is 0 Å². The third kappa shape index (κ3) is 4.43. The van der Waals surface area contributed by atoms with Gasteiger partial charge in [-0.1, -0.05) is 36.4 Å². The van der Waals surface area contributed by atoms with E-state index in [0.29, 0.717) is 5.69 Å². The summed E-state index contributed by atoms with van der Waals surface area (Å²) in [4.78, 5) is 11.8. The molecular formula is C20H16Br2FNO2. The smallest absolute Gasteiger partial charge is 0.248 e. The first-order valence-electron chi connectivity index (χ1n) is 8.00. The van der Waals surface area contributed by atoms with E-state index in [0.717, 1.165) is 14.5 Å². The third-order valence-corrected chi connectivity index (χ3v) is 6.05. The van der Waals surface area contributed by atoms with Gasteiger partial charge >= 0.3 is 0 Å². The Kier molecular flexibility index (Phi) is 5.94. The van der Waals surface area contributed by atoms with Crippen LogP contribution >= 0.6 is 31.9 Å². The molecule has 1 amide bonds. The van der Waals surface area contributed by atoms with Crippen molar-refractivity contribution in [1.82, 2.24) is 0 Å². The number of rotatable bonds is 5. The highest BCUT2D eigenvalue weighted by Crippen LogP contribution is 2.51. The molecule has 0 heterocycles. The predicted molar refractivity (Wildman–Crippen MR) is 108 cm³/mol. The molecule has 2 aromatic rings. The Hall–Kier alpha value is -1.92. The van der Waals surface area contributed by atoms with Gasteiger partial charge in [0.15, 0.2) is 0 Å². The molecule has 3 unspecified atom stereocenters. The zero-order valence-electron chi connectivity index (χ0n) is 13.6. The highest BCUT2D eigenvalue weighted by molar-refractivity contribution is 9.13. The summed E-state index contributed by atoms with van der Waals surface area (Å²) in [5, 5.41) is 12.2. The molecule has 1 aliphatic carbocycles. The number of phenols is 1. The number of halogens is 3. The molecule has 1 aliphatic rings. The second-order valence-electron chi connectivity index (χ2n) is 5.97.